The summed E-state index contributed by atoms with van der Waals surface area (Å²) in [5.41, 5.74) is 7.64. The molecular formula is C14H18N4. The van der Waals surface area contributed by atoms with E-state index in [0.717, 1.165) is 23.5 Å². The quantitative estimate of drug-likeness (QED) is 0.791. The Hall–Kier alpha value is -1.84. The summed E-state index contributed by atoms with van der Waals surface area (Å²) in [5, 5.41) is 3.29. The summed E-state index contributed by atoms with van der Waals surface area (Å²) in [4.78, 5) is 8.86. The summed E-state index contributed by atoms with van der Waals surface area (Å²) < 4.78 is 0. The lowest BCUT2D eigenvalue weighted by molar-refractivity contribution is 0.686. The van der Waals surface area contributed by atoms with E-state index >= 15 is 0 Å². The molecule has 0 atom stereocenters. The molecule has 0 spiro atoms. The normalized spacial score (nSPS) is 14.9. The average Bonchev–Trinajstić information content (AvgIpc) is 3.19. The third kappa shape index (κ3) is 2.53. The molecule has 1 heterocycles. The minimum Gasteiger partial charge on any atom is -0.381 e. The largest absolute Gasteiger partial charge is 0.381 e. The third-order valence-electron chi connectivity index (χ3n) is 3.38. The lowest BCUT2D eigenvalue weighted by Gasteiger charge is -2.08. The molecule has 3 N–H and O–H groups in total. The van der Waals surface area contributed by atoms with Crippen molar-refractivity contribution in [1.29, 1.82) is 0 Å². The van der Waals surface area contributed by atoms with Gasteiger partial charge in [-0.2, -0.15) is 0 Å². The Kier molecular flexibility index (Phi) is 3.00. The number of para-hydroxylation sites is 2. The van der Waals surface area contributed by atoms with Gasteiger partial charge in [-0.05, 0) is 30.9 Å². The Morgan fingerprint density at radius 2 is 1.89 bits per heavy atom. The van der Waals surface area contributed by atoms with Crippen LogP contribution in [0.3, 0.4) is 0 Å². The fraction of sp³-hybridized carbons (Fsp3) is 0.429. The van der Waals surface area contributed by atoms with Crippen molar-refractivity contribution in [3.8, 4) is 0 Å². The summed E-state index contributed by atoms with van der Waals surface area (Å²) in [6, 6.07) is 7.79. The van der Waals surface area contributed by atoms with Gasteiger partial charge in [0.05, 0.1) is 11.0 Å². The van der Waals surface area contributed by atoms with Crippen molar-refractivity contribution in [2.75, 3.05) is 17.6 Å². The molecule has 4 heteroatoms. The van der Waals surface area contributed by atoms with Crippen LogP contribution in [0, 0.1) is 5.92 Å². The van der Waals surface area contributed by atoms with Crippen molar-refractivity contribution < 1.29 is 0 Å². The molecule has 1 aliphatic carbocycles. The van der Waals surface area contributed by atoms with Crippen molar-refractivity contribution >= 4 is 22.7 Å². The van der Waals surface area contributed by atoms with Gasteiger partial charge in [0.1, 0.15) is 0 Å². The number of nitrogens with zero attached hydrogens (tertiary/aromatic N) is 2. The van der Waals surface area contributed by atoms with E-state index < -0.39 is 0 Å². The van der Waals surface area contributed by atoms with E-state index in [-0.39, 0.29) is 0 Å². The van der Waals surface area contributed by atoms with Gasteiger partial charge in [0, 0.05) is 6.54 Å². The number of nitrogens with two attached hydrogens (primary N) is 1. The Labute approximate surface area is 107 Å². The molecule has 94 valence electrons. The number of hydrogen-bond acceptors (Lipinski definition) is 4. The number of nitrogen functional groups attached to an aromatic ring is 1. The van der Waals surface area contributed by atoms with Gasteiger partial charge in [-0.15, -0.1) is 0 Å². The lowest BCUT2D eigenvalue weighted by atomic mass is 10.2. The predicted octanol–water partition coefficient (Wildman–Crippen LogP) is 2.81. The number of rotatable bonds is 5. The lowest BCUT2D eigenvalue weighted by Crippen LogP contribution is -2.08. The first kappa shape index (κ1) is 11.3. The van der Waals surface area contributed by atoms with E-state index in [1.54, 1.807) is 0 Å². The van der Waals surface area contributed by atoms with Crippen LogP contribution in [0.2, 0.25) is 0 Å². The second kappa shape index (κ2) is 4.80. The first-order chi connectivity index (χ1) is 8.83. The number of fused-ring (bicyclic) bond motifs is 1. The zero-order valence-corrected chi connectivity index (χ0v) is 10.4. The van der Waals surface area contributed by atoms with Gasteiger partial charge >= 0.3 is 0 Å². The predicted molar refractivity (Wildman–Crippen MR) is 74.4 cm³/mol. The molecule has 4 nitrogen and oxygen atoms in total. The van der Waals surface area contributed by atoms with E-state index in [9.17, 15) is 0 Å². The minimum atomic E-state index is 0.486. The van der Waals surface area contributed by atoms with Gasteiger partial charge in [0.25, 0.3) is 0 Å². The molecule has 1 aromatic carbocycles. The standard InChI is InChI=1S/C14H18N4/c15-13-14(16-9-3-4-10-7-8-10)18-12-6-2-1-5-11(12)17-13/h1-2,5-6,10H,3-4,7-9H2,(H2,15,17)(H,16,18). The molecule has 3 rings (SSSR count). The maximum Gasteiger partial charge on any atom is 0.169 e. The number of anilines is 2. The zero-order valence-electron chi connectivity index (χ0n) is 10.4. The van der Waals surface area contributed by atoms with Crippen LogP contribution in [0.4, 0.5) is 11.6 Å². The molecule has 0 bridgehead atoms. The molecule has 2 aromatic rings. The fourth-order valence-electron chi connectivity index (χ4n) is 2.15. The SMILES string of the molecule is Nc1nc2ccccc2nc1NCCCC1CC1. The highest BCUT2D eigenvalue weighted by Crippen LogP contribution is 2.33. The first-order valence-electron chi connectivity index (χ1n) is 6.59. The Morgan fingerprint density at radius 1 is 1.17 bits per heavy atom. The zero-order chi connectivity index (χ0) is 12.4. The second-order valence-electron chi connectivity index (χ2n) is 4.96. The topological polar surface area (TPSA) is 63.8 Å². The highest BCUT2D eigenvalue weighted by molar-refractivity contribution is 5.79. The van der Waals surface area contributed by atoms with Crippen LogP contribution in [0.15, 0.2) is 24.3 Å². The van der Waals surface area contributed by atoms with E-state index in [2.05, 4.69) is 15.3 Å². The van der Waals surface area contributed by atoms with Crippen LogP contribution < -0.4 is 11.1 Å². The summed E-state index contributed by atoms with van der Waals surface area (Å²) in [5.74, 6) is 2.18. The summed E-state index contributed by atoms with van der Waals surface area (Å²) in [6.45, 7) is 0.924. The van der Waals surface area contributed by atoms with Crippen LogP contribution in [0.25, 0.3) is 11.0 Å². The van der Waals surface area contributed by atoms with Gasteiger partial charge in [-0.25, -0.2) is 9.97 Å². The van der Waals surface area contributed by atoms with Gasteiger partial charge < -0.3 is 11.1 Å². The molecule has 0 unspecified atom stereocenters. The Morgan fingerprint density at radius 3 is 2.61 bits per heavy atom. The van der Waals surface area contributed by atoms with Crippen LogP contribution in [0.1, 0.15) is 25.7 Å². The number of benzene rings is 1. The number of nitrogens with one attached hydrogen (secondary N) is 1. The fourth-order valence-corrected chi connectivity index (χ4v) is 2.15. The van der Waals surface area contributed by atoms with Gasteiger partial charge in [-0.3, -0.25) is 0 Å². The molecule has 0 saturated heterocycles. The number of hydrogen-bond donors (Lipinski definition) is 2. The van der Waals surface area contributed by atoms with Gasteiger partial charge in [-0.1, -0.05) is 25.0 Å². The Balaban J connectivity index is 1.68. The smallest absolute Gasteiger partial charge is 0.169 e. The minimum absolute atomic E-state index is 0.486. The summed E-state index contributed by atoms with van der Waals surface area (Å²) in [6.07, 6.45) is 5.32. The van der Waals surface area contributed by atoms with Crippen molar-refractivity contribution in [1.82, 2.24) is 9.97 Å². The summed E-state index contributed by atoms with van der Waals surface area (Å²) >= 11 is 0. The molecular weight excluding hydrogens is 224 g/mol. The van der Waals surface area contributed by atoms with Crippen LogP contribution in [-0.4, -0.2) is 16.5 Å². The van der Waals surface area contributed by atoms with Crippen molar-refractivity contribution in [3.05, 3.63) is 24.3 Å². The Bertz CT molecular complexity index is 548. The van der Waals surface area contributed by atoms with Crippen LogP contribution in [-0.2, 0) is 0 Å². The summed E-state index contributed by atoms with van der Waals surface area (Å²) in [7, 11) is 0. The third-order valence-corrected chi connectivity index (χ3v) is 3.38. The van der Waals surface area contributed by atoms with Crippen molar-refractivity contribution in [2.45, 2.75) is 25.7 Å². The molecule has 0 radical (unpaired) electrons. The van der Waals surface area contributed by atoms with Crippen LogP contribution in [0.5, 0.6) is 0 Å². The van der Waals surface area contributed by atoms with Crippen LogP contribution >= 0.6 is 0 Å². The van der Waals surface area contributed by atoms with Crippen molar-refractivity contribution in [3.63, 3.8) is 0 Å². The molecule has 1 saturated carbocycles. The first-order valence-corrected chi connectivity index (χ1v) is 6.59. The van der Waals surface area contributed by atoms with E-state index in [1.165, 1.54) is 25.7 Å². The van der Waals surface area contributed by atoms with Gasteiger partial charge in [0.15, 0.2) is 11.6 Å². The molecule has 0 amide bonds. The van der Waals surface area contributed by atoms with E-state index in [4.69, 9.17) is 5.73 Å². The average molecular weight is 242 g/mol. The molecule has 1 aliphatic rings. The highest BCUT2D eigenvalue weighted by atomic mass is 15.1. The highest BCUT2D eigenvalue weighted by Gasteiger charge is 2.20. The maximum absolute atomic E-state index is 5.90. The monoisotopic (exact) mass is 242 g/mol. The molecule has 1 aromatic heterocycles. The molecule has 0 aliphatic heterocycles. The van der Waals surface area contributed by atoms with E-state index in [1.807, 2.05) is 24.3 Å². The van der Waals surface area contributed by atoms with E-state index in [0.29, 0.717) is 11.6 Å². The number of aromatic nitrogens is 2. The maximum atomic E-state index is 5.90. The van der Waals surface area contributed by atoms with Crippen molar-refractivity contribution in [2.24, 2.45) is 5.92 Å². The van der Waals surface area contributed by atoms with Gasteiger partial charge in [0.2, 0.25) is 0 Å². The second-order valence-corrected chi connectivity index (χ2v) is 4.96. The molecule has 18 heavy (non-hydrogen) atoms. The molecule has 1 fully saturated rings.